The summed E-state index contributed by atoms with van der Waals surface area (Å²) in [5.41, 5.74) is 2.90. The first-order valence-corrected chi connectivity index (χ1v) is 13.0. The van der Waals surface area contributed by atoms with E-state index in [0.717, 1.165) is 30.1 Å². The predicted molar refractivity (Wildman–Crippen MR) is 136 cm³/mol. The minimum Gasteiger partial charge on any atom is -0.497 e. The molecule has 33 heavy (non-hydrogen) atoms. The third-order valence-electron chi connectivity index (χ3n) is 6.83. The molecule has 0 radical (unpaired) electrons. The molecule has 2 aromatic rings. The second-order valence-corrected chi connectivity index (χ2v) is 10.2. The molecule has 4 nitrogen and oxygen atoms in total. The number of rotatable bonds is 12. The van der Waals surface area contributed by atoms with Gasteiger partial charge in [0.15, 0.2) is 0 Å². The molecule has 0 aromatic heterocycles. The fraction of sp³-hybridized carbons (Fsp3) is 0.536. The van der Waals surface area contributed by atoms with Gasteiger partial charge in [0.1, 0.15) is 11.5 Å². The van der Waals surface area contributed by atoms with Crippen LogP contribution in [0.15, 0.2) is 47.4 Å². The molecule has 3 rings (SSSR count). The summed E-state index contributed by atoms with van der Waals surface area (Å²) in [6, 6.07) is 15.2. The number of hydrogen-bond acceptors (Lipinski definition) is 5. The lowest BCUT2D eigenvalue weighted by molar-refractivity contribution is -0.141. The van der Waals surface area contributed by atoms with Crippen molar-refractivity contribution in [3.63, 3.8) is 0 Å². The van der Waals surface area contributed by atoms with E-state index in [1.54, 1.807) is 14.2 Å². The monoisotopic (exact) mass is 470 g/mol. The molecule has 0 saturated carbocycles. The quantitative estimate of drug-likeness (QED) is 0.243. The summed E-state index contributed by atoms with van der Waals surface area (Å²) in [5, 5.41) is 0. The Morgan fingerprint density at radius 2 is 1.58 bits per heavy atom. The summed E-state index contributed by atoms with van der Waals surface area (Å²) in [4.78, 5) is 12.2. The number of benzene rings is 2. The number of thioether (sulfide) groups is 1. The van der Waals surface area contributed by atoms with Gasteiger partial charge in [0.05, 0.1) is 20.8 Å². The van der Waals surface area contributed by atoms with E-state index < -0.39 is 0 Å². The molecule has 0 bridgehead atoms. The molecule has 1 aliphatic heterocycles. The largest absolute Gasteiger partial charge is 0.497 e. The number of methoxy groups -OCH3 is 2. The fourth-order valence-corrected chi connectivity index (χ4v) is 6.23. The van der Waals surface area contributed by atoms with Crippen LogP contribution in [0.1, 0.15) is 75.8 Å². The van der Waals surface area contributed by atoms with Crippen LogP contribution in [-0.4, -0.2) is 32.5 Å². The van der Waals surface area contributed by atoms with Gasteiger partial charge >= 0.3 is 5.97 Å². The second kappa shape index (κ2) is 12.4. The Morgan fingerprint density at radius 3 is 2.24 bits per heavy atom. The third-order valence-corrected chi connectivity index (χ3v) is 8.24. The van der Waals surface area contributed by atoms with Crippen LogP contribution >= 0.6 is 11.8 Å². The Balaban J connectivity index is 1.65. The second-order valence-electron chi connectivity index (χ2n) is 9.14. The SMILES string of the molecule is COc1ccc([C@@]2(C)CSc3cc(OC)ccc3[C@H]2CCCCCCCCOC(C)=O)cc1. The van der Waals surface area contributed by atoms with Gasteiger partial charge in [0, 0.05) is 23.0 Å². The Bertz CT molecular complexity index is 895. The topological polar surface area (TPSA) is 44.8 Å². The molecular weight excluding hydrogens is 432 g/mol. The molecule has 0 fully saturated rings. The fourth-order valence-electron chi connectivity index (χ4n) is 4.83. The average Bonchev–Trinajstić information content (AvgIpc) is 2.83. The Kier molecular flexibility index (Phi) is 9.54. The van der Waals surface area contributed by atoms with E-state index in [-0.39, 0.29) is 11.4 Å². The van der Waals surface area contributed by atoms with Crippen LogP contribution < -0.4 is 9.47 Å². The van der Waals surface area contributed by atoms with E-state index in [0.29, 0.717) is 12.5 Å². The van der Waals surface area contributed by atoms with Gasteiger partial charge in [-0.05, 0) is 54.2 Å². The lowest BCUT2D eigenvalue weighted by atomic mass is 9.68. The van der Waals surface area contributed by atoms with Crippen LogP contribution in [0.3, 0.4) is 0 Å². The maximum atomic E-state index is 10.8. The number of fused-ring (bicyclic) bond motifs is 1. The first-order chi connectivity index (χ1) is 16.0. The molecule has 0 N–H and O–H groups in total. The molecule has 0 unspecified atom stereocenters. The van der Waals surface area contributed by atoms with Crippen LogP contribution in [0.5, 0.6) is 11.5 Å². The van der Waals surface area contributed by atoms with E-state index >= 15 is 0 Å². The van der Waals surface area contributed by atoms with E-state index in [9.17, 15) is 4.79 Å². The highest BCUT2D eigenvalue weighted by molar-refractivity contribution is 7.99. The standard InChI is InChI=1S/C28H38O4S/c1-21(29)32-18-10-8-6-5-7-9-11-26-25-17-16-24(31-4)19-27(25)33-20-28(26,2)22-12-14-23(30-3)15-13-22/h12-17,19,26H,5-11,18,20H2,1-4H3/t26-,28-/m1/s1. The van der Waals surface area contributed by atoms with Crippen molar-refractivity contribution >= 4 is 17.7 Å². The Morgan fingerprint density at radius 1 is 0.939 bits per heavy atom. The van der Waals surface area contributed by atoms with E-state index in [2.05, 4.69) is 49.4 Å². The Labute approximate surface area is 203 Å². The Hall–Kier alpha value is -2.14. The molecule has 0 saturated heterocycles. The van der Waals surface area contributed by atoms with Gasteiger partial charge in [-0.25, -0.2) is 0 Å². The van der Waals surface area contributed by atoms with Crippen molar-refractivity contribution in [1.29, 1.82) is 0 Å². The summed E-state index contributed by atoms with van der Waals surface area (Å²) < 4.78 is 15.9. The average molecular weight is 471 g/mol. The summed E-state index contributed by atoms with van der Waals surface area (Å²) in [7, 11) is 3.45. The summed E-state index contributed by atoms with van der Waals surface area (Å²) in [6.45, 7) is 4.45. The summed E-state index contributed by atoms with van der Waals surface area (Å²) >= 11 is 1.94. The highest BCUT2D eigenvalue weighted by Gasteiger charge is 2.41. The molecule has 5 heteroatoms. The van der Waals surface area contributed by atoms with Crippen LogP contribution in [0.4, 0.5) is 0 Å². The number of carbonyl (C=O) groups excluding carboxylic acids is 1. The lowest BCUT2D eigenvalue weighted by Gasteiger charge is -2.43. The van der Waals surface area contributed by atoms with Crippen molar-refractivity contribution in [3.8, 4) is 11.5 Å². The molecule has 0 amide bonds. The van der Waals surface area contributed by atoms with Gasteiger partial charge in [-0.2, -0.15) is 0 Å². The van der Waals surface area contributed by atoms with Crippen molar-refractivity contribution < 1.29 is 19.0 Å². The first kappa shape index (κ1) is 25.5. The third kappa shape index (κ3) is 6.69. The summed E-state index contributed by atoms with van der Waals surface area (Å²) in [6.07, 6.45) is 8.15. The van der Waals surface area contributed by atoms with Crippen molar-refractivity contribution in [2.45, 2.75) is 75.0 Å². The molecule has 2 atom stereocenters. The maximum Gasteiger partial charge on any atom is 0.302 e. The van der Waals surface area contributed by atoms with Gasteiger partial charge in [0.25, 0.3) is 0 Å². The highest BCUT2D eigenvalue weighted by Crippen LogP contribution is 2.52. The van der Waals surface area contributed by atoms with E-state index in [1.807, 2.05) is 11.8 Å². The lowest BCUT2D eigenvalue weighted by Crippen LogP contribution is -2.36. The highest BCUT2D eigenvalue weighted by atomic mass is 32.2. The number of esters is 1. The normalized spacial score (nSPS) is 19.6. The number of hydrogen-bond donors (Lipinski definition) is 0. The minimum atomic E-state index is -0.182. The zero-order valence-electron chi connectivity index (χ0n) is 20.5. The number of ether oxygens (including phenoxy) is 3. The van der Waals surface area contributed by atoms with Gasteiger partial charge in [-0.1, -0.05) is 57.2 Å². The number of carbonyl (C=O) groups is 1. The summed E-state index contributed by atoms with van der Waals surface area (Å²) in [5.74, 6) is 3.18. The minimum absolute atomic E-state index is 0.0720. The first-order valence-electron chi connectivity index (χ1n) is 12.1. The molecule has 180 valence electrons. The van der Waals surface area contributed by atoms with Gasteiger partial charge in [0.2, 0.25) is 0 Å². The zero-order chi connectivity index (χ0) is 23.7. The smallest absolute Gasteiger partial charge is 0.302 e. The van der Waals surface area contributed by atoms with E-state index in [4.69, 9.17) is 14.2 Å². The van der Waals surface area contributed by atoms with Crippen LogP contribution in [0.25, 0.3) is 0 Å². The molecule has 0 aliphatic carbocycles. The molecule has 1 aliphatic rings. The van der Waals surface area contributed by atoms with Gasteiger partial charge in [-0.3, -0.25) is 4.79 Å². The number of unbranched alkanes of at least 4 members (excludes halogenated alkanes) is 5. The van der Waals surface area contributed by atoms with Gasteiger partial charge in [-0.15, -0.1) is 11.8 Å². The molecule has 0 spiro atoms. The maximum absolute atomic E-state index is 10.8. The van der Waals surface area contributed by atoms with Crippen molar-refractivity contribution in [2.75, 3.05) is 26.6 Å². The van der Waals surface area contributed by atoms with Crippen LogP contribution in [0, 0.1) is 0 Å². The zero-order valence-corrected chi connectivity index (χ0v) is 21.3. The van der Waals surface area contributed by atoms with Crippen LogP contribution in [-0.2, 0) is 14.9 Å². The van der Waals surface area contributed by atoms with E-state index in [1.165, 1.54) is 55.1 Å². The van der Waals surface area contributed by atoms with Crippen molar-refractivity contribution in [3.05, 3.63) is 53.6 Å². The molecular formula is C28H38O4S. The van der Waals surface area contributed by atoms with Crippen molar-refractivity contribution in [1.82, 2.24) is 0 Å². The predicted octanol–water partition coefficient (Wildman–Crippen LogP) is 7.14. The van der Waals surface area contributed by atoms with Gasteiger partial charge < -0.3 is 14.2 Å². The van der Waals surface area contributed by atoms with Crippen molar-refractivity contribution in [2.24, 2.45) is 0 Å². The molecule has 2 aromatic carbocycles. The van der Waals surface area contributed by atoms with Crippen LogP contribution in [0.2, 0.25) is 0 Å². The molecule has 1 heterocycles.